The van der Waals surface area contributed by atoms with E-state index in [-0.39, 0.29) is 17.5 Å². The van der Waals surface area contributed by atoms with Crippen molar-refractivity contribution in [3.8, 4) is 11.4 Å². The molecule has 1 amide bonds. The Bertz CT molecular complexity index is 766. The highest BCUT2D eigenvalue weighted by Crippen LogP contribution is 2.23. The van der Waals surface area contributed by atoms with E-state index in [1.165, 1.54) is 6.20 Å². The van der Waals surface area contributed by atoms with Gasteiger partial charge >= 0.3 is 0 Å². The Kier molecular flexibility index (Phi) is 4.13. The minimum Gasteiger partial charge on any atom is -0.339 e. The van der Waals surface area contributed by atoms with E-state index in [1.807, 2.05) is 44.2 Å². The van der Waals surface area contributed by atoms with Crippen molar-refractivity contribution in [2.24, 2.45) is 5.92 Å². The van der Waals surface area contributed by atoms with Crippen LogP contribution in [0.2, 0.25) is 0 Å². The van der Waals surface area contributed by atoms with Crippen molar-refractivity contribution in [1.82, 2.24) is 30.9 Å². The Morgan fingerprint density at radius 1 is 1.26 bits per heavy atom. The van der Waals surface area contributed by atoms with Gasteiger partial charge in [0.25, 0.3) is 5.91 Å². The molecular weight excluding hydrogens is 296 g/mol. The molecule has 1 aromatic carbocycles. The van der Waals surface area contributed by atoms with E-state index in [4.69, 9.17) is 4.52 Å². The van der Waals surface area contributed by atoms with E-state index in [0.717, 1.165) is 5.56 Å². The fraction of sp³-hybridized carbons (Fsp3) is 0.267. The van der Waals surface area contributed by atoms with E-state index < -0.39 is 6.04 Å². The molecule has 3 rings (SSSR count). The third-order valence-corrected chi connectivity index (χ3v) is 3.34. The SMILES string of the molecule is CC(C)[C@@H](NC(=O)c1cn[nH]n1)c1nc(-c2ccccc2)no1. The molecule has 0 radical (unpaired) electrons. The van der Waals surface area contributed by atoms with Crippen LogP contribution in [0.1, 0.15) is 36.3 Å². The average molecular weight is 312 g/mol. The fourth-order valence-electron chi connectivity index (χ4n) is 2.11. The molecule has 0 spiro atoms. The summed E-state index contributed by atoms with van der Waals surface area (Å²) in [5, 5.41) is 16.6. The molecule has 0 bridgehead atoms. The summed E-state index contributed by atoms with van der Waals surface area (Å²) in [5.41, 5.74) is 1.06. The van der Waals surface area contributed by atoms with Crippen LogP contribution in [0.5, 0.6) is 0 Å². The lowest BCUT2D eigenvalue weighted by Gasteiger charge is -2.17. The second-order valence-corrected chi connectivity index (χ2v) is 5.37. The van der Waals surface area contributed by atoms with Crippen LogP contribution in [0.4, 0.5) is 0 Å². The smallest absolute Gasteiger partial charge is 0.274 e. The van der Waals surface area contributed by atoms with Gasteiger partial charge in [0, 0.05) is 5.56 Å². The maximum atomic E-state index is 12.1. The molecular formula is C15H16N6O2. The Balaban J connectivity index is 1.82. The molecule has 0 saturated heterocycles. The lowest BCUT2D eigenvalue weighted by molar-refractivity contribution is 0.0908. The number of hydrogen-bond donors (Lipinski definition) is 2. The highest BCUT2D eigenvalue weighted by Gasteiger charge is 2.26. The van der Waals surface area contributed by atoms with Gasteiger partial charge in [0.2, 0.25) is 11.7 Å². The number of H-pyrrole nitrogens is 1. The standard InChI is InChI=1S/C15H16N6O2/c1-9(2)12(17-14(22)11-8-16-21-19-11)15-18-13(20-23-15)10-6-4-3-5-7-10/h3-9,12H,1-2H3,(H,17,22)(H,16,19,21)/t12-/m1/s1. The molecule has 118 valence electrons. The fourth-order valence-corrected chi connectivity index (χ4v) is 2.11. The topological polar surface area (TPSA) is 110 Å². The number of aromatic amines is 1. The van der Waals surface area contributed by atoms with E-state index in [2.05, 4.69) is 30.9 Å². The van der Waals surface area contributed by atoms with Crippen LogP contribution >= 0.6 is 0 Å². The summed E-state index contributed by atoms with van der Waals surface area (Å²) in [6, 6.07) is 9.10. The number of nitrogens with zero attached hydrogens (tertiary/aromatic N) is 4. The summed E-state index contributed by atoms with van der Waals surface area (Å²) in [7, 11) is 0. The van der Waals surface area contributed by atoms with Crippen LogP contribution in [0.3, 0.4) is 0 Å². The molecule has 0 aliphatic carbocycles. The van der Waals surface area contributed by atoms with Gasteiger partial charge in [-0.2, -0.15) is 20.4 Å². The predicted octanol–water partition coefficient (Wildman–Crippen LogP) is 1.98. The lowest BCUT2D eigenvalue weighted by atomic mass is 10.0. The van der Waals surface area contributed by atoms with Crippen molar-refractivity contribution in [3.05, 3.63) is 48.1 Å². The molecule has 2 aromatic heterocycles. The molecule has 0 aliphatic rings. The van der Waals surface area contributed by atoms with Crippen molar-refractivity contribution >= 4 is 5.91 Å². The molecule has 0 aliphatic heterocycles. The summed E-state index contributed by atoms with van der Waals surface area (Å²) >= 11 is 0. The van der Waals surface area contributed by atoms with E-state index in [0.29, 0.717) is 11.7 Å². The molecule has 0 saturated carbocycles. The van der Waals surface area contributed by atoms with Crippen LogP contribution in [0.15, 0.2) is 41.1 Å². The van der Waals surface area contributed by atoms with E-state index in [9.17, 15) is 4.79 Å². The zero-order valence-corrected chi connectivity index (χ0v) is 12.7. The van der Waals surface area contributed by atoms with Crippen molar-refractivity contribution in [1.29, 1.82) is 0 Å². The van der Waals surface area contributed by atoms with Gasteiger partial charge in [-0.25, -0.2) is 0 Å². The predicted molar refractivity (Wildman–Crippen MR) is 81.2 cm³/mol. The molecule has 8 heteroatoms. The Hall–Kier alpha value is -3.03. The van der Waals surface area contributed by atoms with Crippen molar-refractivity contribution in [3.63, 3.8) is 0 Å². The summed E-state index contributed by atoms with van der Waals surface area (Å²) < 4.78 is 5.34. The van der Waals surface area contributed by atoms with Gasteiger partial charge in [-0.15, -0.1) is 0 Å². The van der Waals surface area contributed by atoms with Crippen LogP contribution in [0, 0.1) is 5.92 Å². The molecule has 0 fully saturated rings. The number of benzene rings is 1. The number of amides is 1. The molecule has 1 atom stereocenters. The minimum atomic E-state index is -0.413. The quantitative estimate of drug-likeness (QED) is 0.745. The second-order valence-electron chi connectivity index (χ2n) is 5.37. The first-order valence-electron chi connectivity index (χ1n) is 7.21. The number of hydrogen-bond acceptors (Lipinski definition) is 6. The third-order valence-electron chi connectivity index (χ3n) is 3.34. The van der Waals surface area contributed by atoms with Gasteiger partial charge in [0.1, 0.15) is 6.04 Å². The normalized spacial score (nSPS) is 12.3. The molecule has 2 heterocycles. The highest BCUT2D eigenvalue weighted by molar-refractivity contribution is 5.92. The number of aromatic nitrogens is 5. The summed E-state index contributed by atoms with van der Waals surface area (Å²) in [4.78, 5) is 16.5. The molecule has 3 aromatic rings. The first-order chi connectivity index (χ1) is 11.1. The zero-order chi connectivity index (χ0) is 16.2. The van der Waals surface area contributed by atoms with Crippen LogP contribution in [-0.2, 0) is 0 Å². The van der Waals surface area contributed by atoms with Crippen molar-refractivity contribution in [2.45, 2.75) is 19.9 Å². The summed E-state index contributed by atoms with van der Waals surface area (Å²) in [5.74, 6) is 0.560. The van der Waals surface area contributed by atoms with Gasteiger partial charge in [0.05, 0.1) is 6.20 Å². The zero-order valence-electron chi connectivity index (χ0n) is 12.7. The van der Waals surface area contributed by atoms with Crippen LogP contribution in [-0.4, -0.2) is 31.5 Å². The Labute approximate surface area is 132 Å². The van der Waals surface area contributed by atoms with Crippen molar-refractivity contribution in [2.75, 3.05) is 0 Å². The summed E-state index contributed by atoms with van der Waals surface area (Å²) in [6.45, 7) is 3.92. The van der Waals surface area contributed by atoms with Gasteiger partial charge in [-0.05, 0) is 5.92 Å². The van der Waals surface area contributed by atoms with Crippen molar-refractivity contribution < 1.29 is 9.32 Å². The number of carbonyl (C=O) groups excluding carboxylic acids is 1. The maximum absolute atomic E-state index is 12.1. The average Bonchev–Trinajstić information content (AvgIpc) is 3.24. The van der Waals surface area contributed by atoms with Gasteiger partial charge in [-0.3, -0.25) is 4.79 Å². The minimum absolute atomic E-state index is 0.0647. The monoisotopic (exact) mass is 312 g/mol. The first-order valence-corrected chi connectivity index (χ1v) is 7.21. The van der Waals surface area contributed by atoms with E-state index in [1.54, 1.807) is 0 Å². The van der Waals surface area contributed by atoms with Gasteiger partial charge in [0.15, 0.2) is 5.69 Å². The molecule has 0 unspecified atom stereocenters. The number of carbonyl (C=O) groups is 1. The maximum Gasteiger partial charge on any atom is 0.274 e. The summed E-state index contributed by atoms with van der Waals surface area (Å²) in [6.07, 6.45) is 1.36. The largest absolute Gasteiger partial charge is 0.339 e. The van der Waals surface area contributed by atoms with Crippen LogP contribution < -0.4 is 5.32 Å². The second kappa shape index (κ2) is 6.39. The highest BCUT2D eigenvalue weighted by atomic mass is 16.5. The number of rotatable bonds is 5. The first kappa shape index (κ1) is 14.9. The Morgan fingerprint density at radius 3 is 2.70 bits per heavy atom. The lowest BCUT2D eigenvalue weighted by Crippen LogP contribution is -2.32. The van der Waals surface area contributed by atoms with Crippen LogP contribution in [0.25, 0.3) is 11.4 Å². The van der Waals surface area contributed by atoms with E-state index >= 15 is 0 Å². The van der Waals surface area contributed by atoms with Gasteiger partial charge < -0.3 is 9.84 Å². The third kappa shape index (κ3) is 3.25. The van der Waals surface area contributed by atoms with Gasteiger partial charge in [-0.1, -0.05) is 49.3 Å². The Morgan fingerprint density at radius 2 is 2.04 bits per heavy atom. The molecule has 2 N–H and O–H groups in total. The molecule has 23 heavy (non-hydrogen) atoms. The molecule has 8 nitrogen and oxygen atoms in total. The number of nitrogens with one attached hydrogen (secondary N) is 2.